The first-order valence-corrected chi connectivity index (χ1v) is 14.8. The van der Waals surface area contributed by atoms with Gasteiger partial charge in [0.2, 0.25) is 11.8 Å². The lowest BCUT2D eigenvalue weighted by molar-refractivity contribution is -0.126. The van der Waals surface area contributed by atoms with Gasteiger partial charge < -0.3 is 25.6 Å². The molecule has 216 valence electrons. The highest BCUT2D eigenvalue weighted by molar-refractivity contribution is 8.01. The van der Waals surface area contributed by atoms with Crippen molar-refractivity contribution in [2.24, 2.45) is 0 Å². The van der Waals surface area contributed by atoms with E-state index in [1.54, 1.807) is 28.1 Å². The lowest BCUT2D eigenvalue weighted by Gasteiger charge is -2.35. The number of benzene rings is 2. The molecule has 1 aromatic heterocycles. The molecule has 3 aliphatic heterocycles. The molecule has 3 N–H and O–H groups in total. The fourth-order valence-corrected chi connectivity index (χ4v) is 6.81. The highest BCUT2D eigenvalue weighted by Gasteiger charge is 2.47. The maximum absolute atomic E-state index is 13.6. The molecular formula is C31H32N6O4S. The van der Waals surface area contributed by atoms with Crippen LogP contribution in [0.2, 0.25) is 0 Å². The van der Waals surface area contributed by atoms with E-state index in [1.807, 2.05) is 68.6 Å². The minimum atomic E-state index is -0.567. The number of ether oxygens (including phenoxy) is 1. The van der Waals surface area contributed by atoms with Crippen LogP contribution in [0.25, 0.3) is 0 Å². The number of aromatic nitrogens is 1. The molecule has 3 atom stereocenters. The van der Waals surface area contributed by atoms with E-state index in [4.69, 9.17) is 4.74 Å². The zero-order valence-corrected chi connectivity index (χ0v) is 24.2. The molecule has 3 aromatic rings. The molecule has 2 unspecified atom stereocenters. The molecular weight excluding hydrogens is 552 g/mol. The van der Waals surface area contributed by atoms with E-state index >= 15 is 0 Å². The van der Waals surface area contributed by atoms with E-state index in [0.29, 0.717) is 37.5 Å². The van der Waals surface area contributed by atoms with Crippen LogP contribution in [0.1, 0.15) is 23.6 Å². The van der Waals surface area contributed by atoms with Gasteiger partial charge in [-0.2, -0.15) is 0 Å². The fourth-order valence-electron chi connectivity index (χ4n) is 5.58. The zero-order chi connectivity index (χ0) is 29.2. The first kappa shape index (κ1) is 27.8. The van der Waals surface area contributed by atoms with Crippen molar-refractivity contribution in [3.05, 3.63) is 84.1 Å². The van der Waals surface area contributed by atoms with Crippen LogP contribution < -0.4 is 25.6 Å². The number of hydrogen-bond donors (Lipinski definition) is 3. The third-order valence-electron chi connectivity index (χ3n) is 7.58. The quantitative estimate of drug-likeness (QED) is 0.342. The first-order chi connectivity index (χ1) is 20.4. The van der Waals surface area contributed by atoms with Crippen molar-refractivity contribution >= 4 is 41.0 Å². The smallest absolute Gasteiger partial charge is 0.327 e. The summed E-state index contributed by atoms with van der Waals surface area (Å²) in [5.74, 6) is 1.17. The summed E-state index contributed by atoms with van der Waals surface area (Å²) in [4.78, 5) is 47.4. The standard InChI is InChI=1S/C31H32N6O4S/c1-19-17-22(41-21-7-4-3-5-8-21)10-11-23(19)37-24-12-15-33-30-26(24)27(35-31(37)40)28(42-30)29(39)34-20-13-16-36(18-20)25(38)9-6-14-32-2/h3-12,15,17,20,27-28,32H,13-14,16,18H2,1-2H3,(H,34,39)(H,35,40)/b9-6+/t20?,27?,28-/m1/s1. The number of para-hydroxylation sites is 1. The highest BCUT2D eigenvalue weighted by atomic mass is 32.2. The van der Waals surface area contributed by atoms with Gasteiger partial charge >= 0.3 is 6.03 Å². The van der Waals surface area contributed by atoms with E-state index in [0.717, 1.165) is 27.6 Å². The minimum absolute atomic E-state index is 0.0620. The molecule has 42 heavy (non-hydrogen) atoms. The number of likely N-dealkylation sites (tertiary alicyclic amines) is 1. The van der Waals surface area contributed by atoms with Gasteiger partial charge in [-0.05, 0) is 62.4 Å². The highest BCUT2D eigenvalue weighted by Crippen LogP contribution is 2.51. The molecule has 0 saturated carbocycles. The average molecular weight is 585 g/mol. The summed E-state index contributed by atoms with van der Waals surface area (Å²) in [5.41, 5.74) is 3.13. The van der Waals surface area contributed by atoms with Gasteiger partial charge in [0.05, 0.1) is 17.4 Å². The summed E-state index contributed by atoms with van der Waals surface area (Å²) in [5, 5.41) is 9.31. The van der Waals surface area contributed by atoms with E-state index in [-0.39, 0.29) is 23.9 Å². The number of hydrogen-bond acceptors (Lipinski definition) is 7. The number of aryl methyl sites for hydroxylation is 1. The van der Waals surface area contributed by atoms with Crippen molar-refractivity contribution in [2.75, 3.05) is 31.6 Å². The predicted molar refractivity (Wildman–Crippen MR) is 161 cm³/mol. The second kappa shape index (κ2) is 11.9. The third kappa shape index (κ3) is 5.45. The summed E-state index contributed by atoms with van der Waals surface area (Å²) in [6.07, 6.45) is 5.70. The van der Waals surface area contributed by atoms with Crippen LogP contribution in [0.3, 0.4) is 0 Å². The molecule has 0 aliphatic carbocycles. The third-order valence-corrected chi connectivity index (χ3v) is 8.87. The second-order valence-corrected chi connectivity index (χ2v) is 11.6. The molecule has 3 aliphatic rings. The molecule has 0 bridgehead atoms. The van der Waals surface area contributed by atoms with Crippen LogP contribution in [-0.2, 0) is 9.59 Å². The van der Waals surface area contributed by atoms with Gasteiger partial charge in [0.25, 0.3) is 0 Å². The zero-order valence-electron chi connectivity index (χ0n) is 23.4. The molecule has 6 rings (SSSR count). The largest absolute Gasteiger partial charge is 0.457 e. The Kier molecular flexibility index (Phi) is 7.86. The van der Waals surface area contributed by atoms with Crippen LogP contribution in [0.15, 0.2) is 78.0 Å². The van der Waals surface area contributed by atoms with Crippen molar-refractivity contribution in [2.45, 2.75) is 35.7 Å². The van der Waals surface area contributed by atoms with Gasteiger partial charge in [0, 0.05) is 43.5 Å². The van der Waals surface area contributed by atoms with E-state index < -0.39 is 11.3 Å². The first-order valence-electron chi connectivity index (χ1n) is 13.9. The number of carbonyl (C=O) groups is 3. The monoisotopic (exact) mass is 584 g/mol. The summed E-state index contributed by atoms with van der Waals surface area (Å²) in [6.45, 7) is 3.59. The number of nitrogens with zero attached hydrogens (tertiary/aromatic N) is 3. The maximum atomic E-state index is 13.6. The normalized spacial score (nSPS) is 20.9. The number of rotatable bonds is 8. The molecule has 4 heterocycles. The van der Waals surface area contributed by atoms with Gasteiger partial charge in [-0.15, -0.1) is 0 Å². The Balaban J connectivity index is 1.17. The number of urea groups is 1. The minimum Gasteiger partial charge on any atom is -0.457 e. The maximum Gasteiger partial charge on any atom is 0.327 e. The van der Waals surface area contributed by atoms with Gasteiger partial charge in [-0.3, -0.25) is 14.5 Å². The Hall–Kier alpha value is -4.35. The van der Waals surface area contributed by atoms with Crippen LogP contribution in [0.4, 0.5) is 16.2 Å². The van der Waals surface area contributed by atoms with E-state index in [2.05, 4.69) is 20.9 Å². The van der Waals surface area contributed by atoms with Crippen LogP contribution in [0.5, 0.6) is 11.5 Å². The van der Waals surface area contributed by atoms with Crippen molar-refractivity contribution < 1.29 is 19.1 Å². The number of nitrogens with one attached hydrogen (secondary N) is 3. The molecule has 0 radical (unpaired) electrons. The van der Waals surface area contributed by atoms with E-state index in [9.17, 15) is 14.4 Å². The molecule has 1 fully saturated rings. The number of anilines is 2. The molecule has 4 amide bonds. The van der Waals surface area contributed by atoms with Crippen LogP contribution in [-0.4, -0.2) is 65.7 Å². The summed E-state index contributed by atoms with van der Waals surface area (Å²) in [6, 6.07) is 16.0. The number of amides is 4. The average Bonchev–Trinajstić information content (AvgIpc) is 3.60. The molecule has 11 heteroatoms. The number of thioether (sulfide) groups is 1. The van der Waals surface area contributed by atoms with Gasteiger partial charge in [-0.25, -0.2) is 9.78 Å². The van der Waals surface area contributed by atoms with Crippen molar-refractivity contribution in [3.63, 3.8) is 0 Å². The molecule has 10 nitrogen and oxygen atoms in total. The molecule has 1 saturated heterocycles. The van der Waals surface area contributed by atoms with Crippen molar-refractivity contribution in [1.82, 2.24) is 25.8 Å². The predicted octanol–water partition coefficient (Wildman–Crippen LogP) is 4.05. The lowest BCUT2D eigenvalue weighted by Crippen LogP contribution is -2.50. The summed E-state index contributed by atoms with van der Waals surface area (Å²) in [7, 11) is 1.82. The SMILES string of the molecule is CNC/C=C/C(=O)N1CCC(NC(=O)[C@@H]2Sc3nccc4c3C2NC(=O)N4c2ccc(Oc3ccccc3)cc2C)C1. The molecule has 0 spiro atoms. The topological polar surface area (TPSA) is 116 Å². The van der Waals surface area contributed by atoms with Crippen LogP contribution >= 0.6 is 11.8 Å². The number of likely N-dealkylation sites (N-methyl/N-ethyl adjacent to an activating group) is 1. The lowest BCUT2D eigenvalue weighted by atomic mass is 9.99. The van der Waals surface area contributed by atoms with Gasteiger partial charge in [-0.1, -0.05) is 36.0 Å². The Morgan fingerprint density at radius 1 is 1.14 bits per heavy atom. The molecule has 2 aromatic carbocycles. The Bertz CT molecular complexity index is 1550. The Labute approximate surface area is 248 Å². The van der Waals surface area contributed by atoms with E-state index in [1.165, 1.54) is 11.8 Å². The van der Waals surface area contributed by atoms with Gasteiger partial charge in [0.1, 0.15) is 21.8 Å². The second-order valence-electron chi connectivity index (χ2n) is 10.5. The Morgan fingerprint density at radius 2 is 1.98 bits per heavy atom. The van der Waals surface area contributed by atoms with Crippen molar-refractivity contribution in [3.8, 4) is 11.5 Å². The number of pyridine rings is 1. The van der Waals surface area contributed by atoms with Crippen LogP contribution in [0, 0.1) is 6.92 Å². The summed E-state index contributed by atoms with van der Waals surface area (Å²) >= 11 is 1.36. The summed E-state index contributed by atoms with van der Waals surface area (Å²) < 4.78 is 5.98. The van der Waals surface area contributed by atoms with Gasteiger partial charge in [0.15, 0.2) is 0 Å². The van der Waals surface area contributed by atoms with Crippen molar-refractivity contribution in [1.29, 1.82) is 0 Å². The number of carbonyl (C=O) groups excluding carboxylic acids is 3. The fraction of sp³-hybridized carbons (Fsp3) is 0.290. The Morgan fingerprint density at radius 3 is 2.76 bits per heavy atom.